The molecule has 0 heterocycles. The summed E-state index contributed by atoms with van der Waals surface area (Å²) in [6.07, 6.45) is 0.595. The van der Waals surface area contributed by atoms with Crippen LogP contribution in [0.3, 0.4) is 0 Å². The van der Waals surface area contributed by atoms with E-state index >= 15 is 0 Å². The summed E-state index contributed by atoms with van der Waals surface area (Å²) >= 11 is 11.8. The zero-order chi connectivity index (χ0) is 14.6. The monoisotopic (exact) mass is 304 g/mol. The second-order valence-corrected chi connectivity index (χ2v) is 5.43. The lowest BCUT2D eigenvalue weighted by Gasteiger charge is -2.22. The van der Waals surface area contributed by atoms with Gasteiger partial charge in [0.15, 0.2) is 6.29 Å². The average Bonchev–Trinajstić information content (AvgIpc) is 2.35. The van der Waals surface area contributed by atoms with Crippen LogP contribution >= 0.6 is 23.2 Å². The number of rotatable bonds is 5. The Kier molecular flexibility index (Phi) is 5.20. The van der Waals surface area contributed by atoms with Crippen molar-refractivity contribution in [2.24, 2.45) is 5.41 Å². The molecule has 4 nitrogen and oxygen atoms in total. The fourth-order valence-electron chi connectivity index (χ4n) is 1.41. The van der Waals surface area contributed by atoms with Gasteiger partial charge in [0.2, 0.25) is 0 Å². The van der Waals surface area contributed by atoms with Crippen molar-refractivity contribution in [1.82, 2.24) is 0 Å². The van der Waals surface area contributed by atoms with Gasteiger partial charge in [-0.2, -0.15) is 0 Å². The van der Waals surface area contributed by atoms with Crippen LogP contribution in [0.5, 0.6) is 5.75 Å². The highest BCUT2D eigenvalue weighted by atomic mass is 35.5. The molecule has 0 radical (unpaired) electrons. The van der Waals surface area contributed by atoms with Gasteiger partial charge in [-0.25, -0.2) is 0 Å². The highest BCUT2D eigenvalue weighted by Crippen LogP contribution is 2.32. The van der Waals surface area contributed by atoms with Gasteiger partial charge in [0.25, 0.3) is 0 Å². The molecule has 0 bridgehead atoms. The summed E-state index contributed by atoms with van der Waals surface area (Å²) in [5, 5.41) is 0.557. The number of ether oxygens (including phenoxy) is 2. The van der Waals surface area contributed by atoms with Crippen LogP contribution in [-0.2, 0) is 9.53 Å². The van der Waals surface area contributed by atoms with E-state index in [4.69, 9.17) is 27.9 Å². The summed E-state index contributed by atoms with van der Waals surface area (Å²) in [6, 6.07) is 2.91. The van der Waals surface area contributed by atoms with Crippen molar-refractivity contribution in [3.8, 4) is 5.75 Å². The Labute approximate surface area is 121 Å². The lowest BCUT2D eigenvalue weighted by atomic mass is 9.95. The summed E-state index contributed by atoms with van der Waals surface area (Å²) in [6.45, 7) is 3.37. The summed E-state index contributed by atoms with van der Waals surface area (Å²) in [7, 11) is 1.30. The van der Waals surface area contributed by atoms with Gasteiger partial charge in [-0.3, -0.25) is 9.59 Å². The topological polar surface area (TPSA) is 52.6 Å². The number of carbonyl (C=O) groups excluding carboxylic acids is 2. The number of hydrogen-bond donors (Lipinski definition) is 0. The number of benzene rings is 1. The molecule has 0 aliphatic carbocycles. The molecule has 1 aromatic rings. The van der Waals surface area contributed by atoms with Gasteiger partial charge in [0.1, 0.15) is 12.4 Å². The Morgan fingerprint density at radius 3 is 2.53 bits per heavy atom. The fourth-order valence-corrected chi connectivity index (χ4v) is 1.97. The van der Waals surface area contributed by atoms with Crippen molar-refractivity contribution in [3.05, 3.63) is 27.7 Å². The molecule has 0 amide bonds. The van der Waals surface area contributed by atoms with E-state index in [9.17, 15) is 9.59 Å². The van der Waals surface area contributed by atoms with Crippen molar-refractivity contribution in [3.63, 3.8) is 0 Å². The van der Waals surface area contributed by atoms with E-state index in [-0.39, 0.29) is 22.9 Å². The van der Waals surface area contributed by atoms with Gasteiger partial charge < -0.3 is 9.47 Å². The Bertz CT molecular complexity index is 498. The van der Waals surface area contributed by atoms with E-state index in [0.29, 0.717) is 11.3 Å². The van der Waals surface area contributed by atoms with E-state index in [1.165, 1.54) is 19.2 Å². The van der Waals surface area contributed by atoms with Crippen molar-refractivity contribution in [2.75, 3.05) is 13.7 Å². The maximum Gasteiger partial charge on any atom is 0.314 e. The molecule has 0 N–H and O–H groups in total. The second-order valence-electron chi connectivity index (χ2n) is 4.59. The molecule has 0 atom stereocenters. The van der Waals surface area contributed by atoms with Crippen molar-refractivity contribution in [2.45, 2.75) is 13.8 Å². The maximum absolute atomic E-state index is 11.5. The van der Waals surface area contributed by atoms with Crippen molar-refractivity contribution < 1.29 is 19.1 Å². The first-order valence-electron chi connectivity index (χ1n) is 5.47. The SMILES string of the molecule is COC(=O)C(C)(C)COc1c(Cl)cc(Cl)cc1C=O. The first-order valence-corrected chi connectivity index (χ1v) is 6.23. The Hall–Kier alpha value is -1.26. The van der Waals surface area contributed by atoms with Crippen LogP contribution in [0.15, 0.2) is 12.1 Å². The van der Waals surface area contributed by atoms with Gasteiger partial charge >= 0.3 is 5.97 Å². The normalized spacial score (nSPS) is 11.0. The first kappa shape index (κ1) is 15.8. The van der Waals surface area contributed by atoms with E-state index in [0.717, 1.165) is 0 Å². The van der Waals surface area contributed by atoms with Crippen LogP contribution in [0.2, 0.25) is 10.0 Å². The van der Waals surface area contributed by atoms with Crippen molar-refractivity contribution in [1.29, 1.82) is 0 Å². The third-order valence-electron chi connectivity index (χ3n) is 2.48. The smallest absolute Gasteiger partial charge is 0.314 e. The molecule has 0 saturated carbocycles. The standard InChI is InChI=1S/C13H14Cl2O4/c1-13(2,12(17)18-3)7-19-11-8(6-16)4-9(14)5-10(11)15/h4-6H,7H2,1-3H3. The molecule has 1 aromatic carbocycles. The number of esters is 1. The summed E-state index contributed by atoms with van der Waals surface area (Å²) in [5.74, 6) is -0.205. The second kappa shape index (κ2) is 6.26. The van der Waals surface area contributed by atoms with E-state index in [2.05, 4.69) is 4.74 Å². The molecule has 0 aromatic heterocycles. The minimum Gasteiger partial charge on any atom is -0.490 e. The zero-order valence-corrected chi connectivity index (χ0v) is 12.3. The van der Waals surface area contributed by atoms with E-state index in [1.807, 2.05) is 0 Å². The molecule has 1 rings (SSSR count). The fraction of sp³-hybridized carbons (Fsp3) is 0.385. The summed E-state index contributed by atoms with van der Waals surface area (Å²) in [5.41, 5.74) is -0.615. The van der Waals surface area contributed by atoms with Gasteiger partial charge in [-0.15, -0.1) is 0 Å². The molecular formula is C13H14Cl2O4. The predicted molar refractivity (Wildman–Crippen MR) is 73.1 cm³/mol. The molecule has 0 fully saturated rings. The molecule has 0 saturated heterocycles. The molecule has 0 unspecified atom stereocenters. The Morgan fingerprint density at radius 1 is 1.37 bits per heavy atom. The van der Waals surface area contributed by atoms with Crippen LogP contribution < -0.4 is 4.74 Å². The number of halogens is 2. The largest absolute Gasteiger partial charge is 0.490 e. The summed E-state index contributed by atoms with van der Waals surface area (Å²) < 4.78 is 10.1. The molecule has 0 aliphatic heterocycles. The van der Waals surface area contributed by atoms with E-state index in [1.54, 1.807) is 13.8 Å². The molecule has 0 aliphatic rings. The van der Waals surface area contributed by atoms with Crippen molar-refractivity contribution >= 4 is 35.5 Å². The quantitative estimate of drug-likeness (QED) is 0.618. The van der Waals surface area contributed by atoms with Gasteiger partial charge in [0.05, 0.1) is 23.1 Å². The Morgan fingerprint density at radius 2 is 2.00 bits per heavy atom. The number of methoxy groups -OCH3 is 1. The van der Waals surface area contributed by atoms with Crippen LogP contribution in [0, 0.1) is 5.41 Å². The highest BCUT2D eigenvalue weighted by Gasteiger charge is 2.30. The Balaban J connectivity index is 2.95. The molecule has 104 valence electrons. The minimum absolute atomic E-state index is 0.0296. The lowest BCUT2D eigenvalue weighted by Crippen LogP contribution is -2.32. The highest BCUT2D eigenvalue weighted by molar-refractivity contribution is 6.36. The van der Waals surface area contributed by atoms with Crippen LogP contribution in [0.25, 0.3) is 0 Å². The summed E-state index contributed by atoms with van der Waals surface area (Å²) in [4.78, 5) is 22.5. The van der Waals surface area contributed by atoms with Gasteiger partial charge in [-0.05, 0) is 26.0 Å². The lowest BCUT2D eigenvalue weighted by molar-refractivity contribution is -0.152. The molecular weight excluding hydrogens is 291 g/mol. The molecule has 0 spiro atoms. The number of aldehydes is 1. The maximum atomic E-state index is 11.5. The minimum atomic E-state index is -0.849. The number of carbonyl (C=O) groups is 2. The average molecular weight is 305 g/mol. The predicted octanol–water partition coefficient (Wildman–Crippen LogP) is 3.38. The zero-order valence-electron chi connectivity index (χ0n) is 10.8. The van der Waals surface area contributed by atoms with Crippen LogP contribution in [0.1, 0.15) is 24.2 Å². The molecule has 19 heavy (non-hydrogen) atoms. The van der Waals surface area contributed by atoms with Gasteiger partial charge in [-0.1, -0.05) is 23.2 Å². The first-order chi connectivity index (χ1) is 8.81. The molecule has 6 heteroatoms. The van der Waals surface area contributed by atoms with Crippen LogP contribution in [0.4, 0.5) is 0 Å². The van der Waals surface area contributed by atoms with E-state index < -0.39 is 11.4 Å². The van der Waals surface area contributed by atoms with Gasteiger partial charge in [0, 0.05) is 5.02 Å². The van der Waals surface area contributed by atoms with Crippen LogP contribution in [-0.4, -0.2) is 26.0 Å². The third-order valence-corrected chi connectivity index (χ3v) is 2.98. The number of hydrogen-bond acceptors (Lipinski definition) is 4. The third kappa shape index (κ3) is 3.85.